The molecule has 0 aromatic carbocycles. The third kappa shape index (κ3) is 5.24. The molecule has 0 atom stereocenters. The van der Waals surface area contributed by atoms with Crippen LogP contribution >= 0.6 is 0 Å². The molecule has 3 rings (SSSR count). The number of urea groups is 2. The van der Waals surface area contributed by atoms with Crippen molar-refractivity contribution in [2.24, 2.45) is 0 Å². The van der Waals surface area contributed by atoms with Gasteiger partial charge in [-0.1, -0.05) is 25.7 Å². The van der Waals surface area contributed by atoms with Crippen molar-refractivity contribution < 1.29 is 28.7 Å². The van der Waals surface area contributed by atoms with Crippen molar-refractivity contribution in [2.45, 2.75) is 75.8 Å². The molecule has 1 spiro atoms. The van der Waals surface area contributed by atoms with Crippen molar-refractivity contribution in [1.29, 1.82) is 0 Å². The van der Waals surface area contributed by atoms with Gasteiger partial charge in [-0.3, -0.25) is 24.6 Å². The van der Waals surface area contributed by atoms with E-state index >= 15 is 0 Å². The van der Waals surface area contributed by atoms with Gasteiger partial charge in [0.15, 0.2) is 6.61 Å². The first-order valence-electron chi connectivity index (χ1n) is 10.3. The van der Waals surface area contributed by atoms with Crippen molar-refractivity contribution in [2.75, 3.05) is 13.2 Å². The molecule has 1 saturated heterocycles. The lowest BCUT2D eigenvalue weighted by molar-refractivity contribution is -0.148. The highest BCUT2D eigenvalue weighted by molar-refractivity contribution is 6.07. The lowest BCUT2D eigenvalue weighted by Crippen LogP contribution is -2.45. The van der Waals surface area contributed by atoms with Crippen molar-refractivity contribution in [3.63, 3.8) is 0 Å². The van der Waals surface area contributed by atoms with E-state index in [2.05, 4.69) is 16.0 Å². The van der Waals surface area contributed by atoms with Gasteiger partial charge < -0.3 is 15.4 Å². The highest BCUT2D eigenvalue weighted by Crippen LogP contribution is 2.35. The predicted molar refractivity (Wildman–Crippen MR) is 101 cm³/mol. The molecule has 10 heteroatoms. The standard InChI is InChI=1S/C19H28N4O6/c24-14(21-17(27)20-13-6-1-2-7-13)12-29-15(25)8-5-11-23-16(26)19(22-18(23)28)9-3-4-10-19/h13H,1-12H2,(H,22,28)(H2,20,21,24,27). The van der Waals surface area contributed by atoms with Crippen LogP contribution in [-0.2, 0) is 19.1 Å². The fraction of sp³-hybridized carbons (Fsp3) is 0.737. The van der Waals surface area contributed by atoms with E-state index in [1.165, 1.54) is 0 Å². The van der Waals surface area contributed by atoms with Gasteiger partial charge in [-0.05, 0) is 32.1 Å². The Hall–Kier alpha value is -2.65. The van der Waals surface area contributed by atoms with Crippen LogP contribution in [0.4, 0.5) is 9.59 Å². The van der Waals surface area contributed by atoms with E-state index in [0.29, 0.717) is 12.8 Å². The molecule has 2 saturated carbocycles. The molecule has 0 radical (unpaired) electrons. The summed E-state index contributed by atoms with van der Waals surface area (Å²) in [4.78, 5) is 60.9. The minimum absolute atomic E-state index is 0.0361. The van der Waals surface area contributed by atoms with Gasteiger partial charge in [-0.25, -0.2) is 9.59 Å². The summed E-state index contributed by atoms with van der Waals surface area (Å²) in [7, 11) is 0. The monoisotopic (exact) mass is 408 g/mol. The van der Waals surface area contributed by atoms with E-state index in [-0.39, 0.29) is 31.3 Å². The van der Waals surface area contributed by atoms with Crippen LogP contribution in [0.1, 0.15) is 64.2 Å². The van der Waals surface area contributed by atoms with E-state index in [1.54, 1.807) is 0 Å². The highest BCUT2D eigenvalue weighted by atomic mass is 16.5. The van der Waals surface area contributed by atoms with Gasteiger partial charge >= 0.3 is 18.0 Å². The molecule has 3 N–H and O–H groups in total. The molecule has 3 aliphatic rings. The Labute approximate surface area is 169 Å². The lowest BCUT2D eigenvalue weighted by Gasteiger charge is -2.19. The minimum Gasteiger partial charge on any atom is -0.456 e. The lowest BCUT2D eigenvalue weighted by atomic mass is 9.98. The summed E-state index contributed by atoms with van der Waals surface area (Å²) in [6, 6.07) is -0.922. The Bertz CT molecular complexity index is 682. The SMILES string of the molecule is O=C(COC(=O)CCCN1C(=O)NC2(CCCC2)C1=O)NC(=O)NC1CCCC1. The van der Waals surface area contributed by atoms with Crippen LogP contribution in [0.5, 0.6) is 0 Å². The molecule has 10 nitrogen and oxygen atoms in total. The molecule has 1 heterocycles. The molecular formula is C19H28N4O6. The Morgan fingerprint density at radius 2 is 1.79 bits per heavy atom. The van der Waals surface area contributed by atoms with Crippen molar-refractivity contribution in [1.82, 2.24) is 20.9 Å². The maximum atomic E-state index is 12.5. The summed E-state index contributed by atoms with van der Waals surface area (Å²) >= 11 is 0. The number of carbonyl (C=O) groups excluding carboxylic acids is 5. The first-order valence-corrected chi connectivity index (χ1v) is 10.3. The molecule has 1 aliphatic heterocycles. The molecule has 0 bridgehead atoms. The van der Waals surface area contributed by atoms with Gasteiger partial charge in [0.25, 0.3) is 11.8 Å². The van der Waals surface area contributed by atoms with E-state index in [0.717, 1.165) is 43.4 Å². The van der Waals surface area contributed by atoms with Gasteiger partial charge in [0.05, 0.1) is 0 Å². The second-order valence-electron chi connectivity index (χ2n) is 7.94. The number of nitrogens with zero attached hydrogens (tertiary/aromatic N) is 1. The molecule has 160 valence electrons. The third-order valence-corrected chi connectivity index (χ3v) is 5.77. The quantitative estimate of drug-likeness (QED) is 0.424. The van der Waals surface area contributed by atoms with Crippen molar-refractivity contribution in [3.8, 4) is 0 Å². The third-order valence-electron chi connectivity index (χ3n) is 5.77. The van der Waals surface area contributed by atoms with Crippen LogP contribution in [0, 0.1) is 0 Å². The number of rotatable bonds is 7. The van der Waals surface area contributed by atoms with Crippen LogP contribution in [-0.4, -0.2) is 59.5 Å². The van der Waals surface area contributed by atoms with Crippen LogP contribution in [0.3, 0.4) is 0 Å². The maximum absolute atomic E-state index is 12.5. The Morgan fingerprint density at radius 3 is 2.48 bits per heavy atom. The number of nitrogens with one attached hydrogen (secondary N) is 3. The first-order chi connectivity index (χ1) is 13.9. The molecule has 3 fully saturated rings. The van der Waals surface area contributed by atoms with Crippen LogP contribution in [0.25, 0.3) is 0 Å². The number of hydrogen-bond donors (Lipinski definition) is 3. The van der Waals surface area contributed by atoms with E-state index < -0.39 is 36.1 Å². The van der Waals surface area contributed by atoms with Gasteiger partial charge in [0.1, 0.15) is 5.54 Å². The molecule has 0 aromatic rings. The number of carbonyl (C=O) groups is 5. The number of imide groups is 2. The van der Waals surface area contributed by atoms with Gasteiger partial charge in [-0.15, -0.1) is 0 Å². The average molecular weight is 408 g/mol. The van der Waals surface area contributed by atoms with E-state index in [9.17, 15) is 24.0 Å². The average Bonchev–Trinajstić information content (AvgIpc) is 3.39. The summed E-state index contributed by atoms with van der Waals surface area (Å²) < 4.78 is 4.85. The van der Waals surface area contributed by atoms with Crippen molar-refractivity contribution >= 4 is 29.8 Å². The fourth-order valence-corrected chi connectivity index (χ4v) is 4.25. The second-order valence-corrected chi connectivity index (χ2v) is 7.94. The summed E-state index contributed by atoms with van der Waals surface area (Å²) in [5.41, 5.74) is -0.755. The summed E-state index contributed by atoms with van der Waals surface area (Å²) in [6.45, 7) is -0.430. The Kier molecular flexibility index (Phi) is 6.71. The molecular weight excluding hydrogens is 380 g/mol. The highest BCUT2D eigenvalue weighted by Gasteiger charge is 2.52. The predicted octanol–water partition coefficient (Wildman–Crippen LogP) is 0.943. The number of esters is 1. The van der Waals surface area contributed by atoms with Crippen LogP contribution in [0.15, 0.2) is 0 Å². The minimum atomic E-state index is -0.755. The largest absolute Gasteiger partial charge is 0.456 e. The topological polar surface area (TPSA) is 134 Å². The summed E-state index contributed by atoms with van der Waals surface area (Å²) in [5.74, 6) is -1.55. The van der Waals surface area contributed by atoms with Crippen LogP contribution < -0.4 is 16.0 Å². The Balaban J connectivity index is 1.31. The number of hydrogen-bond acceptors (Lipinski definition) is 6. The fourth-order valence-electron chi connectivity index (χ4n) is 4.25. The normalized spacial score (nSPS) is 20.8. The van der Waals surface area contributed by atoms with E-state index in [1.807, 2.05) is 0 Å². The van der Waals surface area contributed by atoms with Crippen LogP contribution in [0.2, 0.25) is 0 Å². The zero-order valence-electron chi connectivity index (χ0n) is 16.5. The summed E-state index contributed by atoms with van der Waals surface area (Å²) in [6.07, 6.45) is 7.25. The zero-order chi connectivity index (χ0) is 20.9. The van der Waals surface area contributed by atoms with Crippen molar-refractivity contribution in [3.05, 3.63) is 0 Å². The summed E-state index contributed by atoms with van der Waals surface area (Å²) in [5, 5.41) is 7.62. The smallest absolute Gasteiger partial charge is 0.325 e. The number of amides is 6. The molecule has 2 aliphatic carbocycles. The Morgan fingerprint density at radius 1 is 1.10 bits per heavy atom. The van der Waals surface area contributed by atoms with E-state index in [4.69, 9.17) is 4.74 Å². The number of ether oxygens (including phenoxy) is 1. The molecule has 6 amide bonds. The van der Waals surface area contributed by atoms with Gasteiger partial charge in [-0.2, -0.15) is 0 Å². The maximum Gasteiger partial charge on any atom is 0.325 e. The molecule has 0 unspecified atom stereocenters. The molecule has 0 aromatic heterocycles. The van der Waals surface area contributed by atoms with Gasteiger partial charge in [0, 0.05) is 19.0 Å². The zero-order valence-corrected chi connectivity index (χ0v) is 16.5. The molecule has 29 heavy (non-hydrogen) atoms. The first kappa shape index (κ1) is 21.1. The van der Waals surface area contributed by atoms with Gasteiger partial charge in [0.2, 0.25) is 0 Å². The second kappa shape index (κ2) is 9.23.